The van der Waals surface area contributed by atoms with Gasteiger partial charge in [0, 0.05) is 5.56 Å². The predicted octanol–water partition coefficient (Wildman–Crippen LogP) is 3.84. The Balaban J connectivity index is 1.52. The normalized spacial score (nSPS) is 15.2. The zero-order valence-corrected chi connectivity index (χ0v) is 18.3. The number of carbonyl (C=O) groups excluding carboxylic acids is 1. The summed E-state index contributed by atoms with van der Waals surface area (Å²) >= 11 is 0. The third-order valence-electron chi connectivity index (χ3n) is 5.81. The van der Waals surface area contributed by atoms with Gasteiger partial charge in [-0.25, -0.2) is 13.2 Å². The first-order valence-corrected chi connectivity index (χ1v) is 11.8. The molecule has 1 unspecified atom stereocenters. The third-order valence-corrected chi connectivity index (χ3v) is 8.02. The minimum Gasteiger partial charge on any atom is -0.478 e. The van der Waals surface area contributed by atoms with Crippen molar-refractivity contribution in [3.8, 4) is 6.07 Å². The lowest BCUT2D eigenvalue weighted by atomic mass is 9.92. The first-order valence-electron chi connectivity index (χ1n) is 10.3. The Labute approximate surface area is 191 Å². The van der Waals surface area contributed by atoms with Crippen LogP contribution in [-0.2, 0) is 22.7 Å². The number of sulfone groups is 1. The SMILES string of the molecule is N#Cc1ccc(NC(=O)c2ccc(S(=O)(=O)C3CCc4ccccc4C3)cc2)c(C(=O)O)c1. The van der Waals surface area contributed by atoms with E-state index in [0.29, 0.717) is 19.3 Å². The van der Waals surface area contributed by atoms with Gasteiger partial charge >= 0.3 is 5.97 Å². The molecule has 3 aromatic rings. The molecule has 0 aliphatic heterocycles. The lowest BCUT2D eigenvalue weighted by molar-refractivity contribution is 0.0698. The van der Waals surface area contributed by atoms with Gasteiger partial charge < -0.3 is 10.4 Å². The molecule has 7 nitrogen and oxygen atoms in total. The summed E-state index contributed by atoms with van der Waals surface area (Å²) in [4.78, 5) is 24.2. The van der Waals surface area contributed by atoms with Gasteiger partial charge in [0.15, 0.2) is 9.84 Å². The Morgan fingerprint density at radius 3 is 2.36 bits per heavy atom. The van der Waals surface area contributed by atoms with Crippen molar-refractivity contribution < 1.29 is 23.1 Å². The second-order valence-corrected chi connectivity index (χ2v) is 10.1. The van der Waals surface area contributed by atoms with Crippen LogP contribution in [0.2, 0.25) is 0 Å². The third kappa shape index (κ3) is 4.49. The molecule has 0 saturated heterocycles. The quantitative estimate of drug-likeness (QED) is 0.596. The van der Waals surface area contributed by atoms with Gasteiger partial charge in [0.2, 0.25) is 0 Å². The van der Waals surface area contributed by atoms with Crippen LogP contribution in [0, 0.1) is 11.3 Å². The van der Waals surface area contributed by atoms with Gasteiger partial charge in [-0.3, -0.25) is 4.79 Å². The van der Waals surface area contributed by atoms with E-state index in [0.717, 1.165) is 5.56 Å². The molecule has 0 aromatic heterocycles. The van der Waals surface area contributed by atoms with Crippen LogP contribution >= 0.6 is 0 Å². The van der Waals surface area contributed by atoms with E-state index in [1.807, 2.05) is 30.3 Å². The summed E-state index contributed by atoms with van der Waals surface area (Å²) in [6.07, 6.45) is 1.70. The Hall–Kier alpha value is -3.96. The lowest BCUT2D eigenvalue weighted by Gasteiger charge is -2.24. The number of fused-ring (bicyclic) bond motifs is 1. The van der Waals surface area contributed by atoms with Crippen LogP contribution < -0.4 is 5.32 Å². The minimum absolute atomic E-state index is 0.0454. The van der Waals surface area contributed by atoms with Crippen molar-refractivity contribution in [3.05, 3.63) is 94.5 Å². The standard InChI is InChI=1S/C25H20N2O5S/c26-15-16-5-12-23(22(13-16)25(29)30)27-24(28)18-7-9-20(10-8-18)33(31,32)21-11-6-17-3-1-2-4-19(17)14-21/h1-5,7-10,12-13,21H,6,11,14H2,(H,27,28)(H,29,30). The van der Waals surface area contributed by atoms with E-state index in [2.05, 4.69) is 5.32 Å². The molecule has 0 bridgehead atoms. The topological polar surface area (TPSA) is 124 Å². The number of anilines is 1. The van der Waals surface area contributed by atoms with Crippen molar-refractivity contribution >= 4 is 27.4 Å². The van der Waals surface area contributed by atoms with Crippen molar-refractivity contribution in [1.29, 1.82) is 5.26 Å². The molecule has 33 heavy (non-hydrogen) atoms. The van der Waals surface area contributed by atoms with Crippen LogP contribution in [0.3, 0.4) is 0 Å². The molecule has 0 fully saturated rings. The highest BCUT2D eigenvalue weighted by Crippen LogP contribution is 2.29. The van der Waals surface area contributed by atoms with E-state index >= 15 is 0 Å². The van der Waals surface area contributed by atoms with Crippen LogP contribution in [0.5, 0.6) is 0 Å². The average molecular weight is 461 g/mol. The average Bonchev–Trinajstić information content (AvgIpc) is 2.83. The van der Waals surface area contributed by atoms with E-state index in [-0.39, 0.29) is 27.3 Å². The van der Waals surface area contributed by atoms with Crippen molar-refractivity contribution in [1.82, 2.24) is 0 Å². The van der Waals surface area contributed by atoms with E-state index in [4.69, 9.17) is 5.26 Å². The number of rotatable bonds is 5. The van der Waals surface area contributed by atoms with Crippen molar-refractivity contribution in [3.63, 3.8) is 0 Å². The van der Waals surface area contributed by atoms with Crippen LogP contribution in [-0.4, -0.2) is 30.7 Å². The van der Waals surface area contributed by atoms with Gasteiger partial charge in [0.25, 0.3) is 5.91 Å². The van der Waals surface area contributed by atoms with Crippen molar-refractivity contribution in [2.45, 2.75) is 29.4 Å². The molecule has 1 amide bonds. The second kappa shape index (κ2) is 8.88. The van der Waals surface area contributed by atoms with E-state index in [9.17, 15) is 23.1 Å². The largest absolute Gasteiger partial charge is 0.478 e. The van der Waals surface area contributed by atoms with Crippen LogP contribution in [0.4, 0.5) is 5.69 Å². The fraction of sp³-hybridized carbons (Fsp3) is 0.160. The number of aromatic carboxylic acids is 1. The van der Waals surface area contributed by atoms with Gasteiger partial charge in [-0.05, 0) is 72.9 Å². The Kier molecular flexibility index (Phi) is 5.99. The molecule has 0 radical (unpaired) electrons. The number of nitriles is 1. The molecule has 1 atom stereocenters. The molecular weight excluding hydrogens is 440 g/mol. The molecule has 8 heteroatoms. The zero-order valence-electron chi connectivity index (χ0n) is 17.5. The van der Waals surface area contributed by atoms with Gasteiger partial charge in [-0.1, -0.05) is 24.3 Å². The highest BCUT2D eigenvalue weighted by molar-refractivity contribution is 7.92. The maximum absolute atomic E-state index is 13.2. The van der Waals surface area contributed by atoms with Gasteiger partial charge in [0.05, 0.1) is 33.0 Å². The predicted molar refractivity (Wildman–Crippen MR) is 122 cm³/mol. The minimum atomic E-state index is -3.57. The van der Waals surface area contributed by atoms with Gasteiger partial charge in [0.1, 0.15) is 0 Å². The number of benzene rings is 3. The maximum Gasteiger partial charge on any atom is 0.337 e. The number of amides is 1. The number of nitrogens with zero attached hydrogens (tertiary/aromatic N) is 1. The second-order valence-electron chi connectivity index (χ2n) is 7.83. The summed E-state index contributed by atoms with van der Waals surface area (Å²) in [7, 11) is -3.57. The molecule has 4 rings (SSSR count). The maximum atomic E-state index is 13.2. The molecule has 1 aliphatic carbocycles. The Morgan fingerprint density at radius 2 is 1.70 bits per heavy atom. The fourth-order valence-electron chi connectivity index (χ4n) is 4.01. The number of hydrogen-bond acceptors (Lipinski definition) is 5. The van der Waals surface area contributed by atoms with Crippen LogP contribution in [0.25, 0.3) is 0 Å². The van der Waals surface area contributed by atoms with E-state index in [1.165, 1.54) is 48.0 Å². The summed E-state index contributed by atoms with van der Waals surface area (Å²) in [5.41, 5.74) is 2.40. The number of aryl methyl sites for hydroxylation is 1. The number of hydrogen-bond donors (Lipinski definition) is 2. The Bertz CT molecular complexity index is 1390. The first kappa shape index (κ1) is 22.2. The summed E-state index contributed by atoms with van der Waals surface area (Å²) in [5, 5.41) is 20.3. The van der Waals surface area contributed by atoms with Crippen molar-refractivity contribution in [2.75, 3.05) is 5.32 Å². The number of nitrogens with one attached hydrogen (secondary N) is 1. The van der Waals surface area contributed by atoms with E-state index < -0.39 is 27.0 Å². The summed E-state index contributed by atoms with van der Waals surface area (Å²) < 4.78 is 26.3. The molecule has 0 heterocycles. The molecular formula is C25H20N2O5S. The monoisotopic (exact) mass is 460 g/mol. The van der Waals surface area contributed by atoms with Gasteiger partial charge in [-0.15, -0.1) is 0 Å². The van der Waals surface area contributed by atoms with Gasteiger partial charge in [-0.2, -0.15) is 5.26 Å². The van der Waals surface area contributed by atoms with Crippen molar-refractivity contribution in [2.24, 2.45) is 0 Å². The molecule has 3 aromatic carbocycles. The smallest absolute Gasteiger partial charge is 0.337 e. The summed E-state index contributed by atoms with van der Waals surface area (Å²) in [5.74, 6) is -1.87. The summed E-state index contributed by atoms with van der Waals surface area (Å²) in [6.45, 7) is 0. The van der Waals surface area contributed by atoms with E-state index in [1.54, 1.807) is 0 Å². The molecule has 0 spiro atoms. The zero-order chi connectivity index (χ0) is 23.6. The molecule has 1 aliphatic rings. The Morgan fingerprint density at radius 1 is 1.00 bits per heavy atom. The summed E-state index contributed by atoms with van der Waals surface area (Å²) in [6, 6.07) is 19.2. The molecule has 2 N–H and O–H groups in total. The highest BCUT2D eigenvalue weighted by atomic mass is 32.2. The van der Waals surface area contributed by atoms with Crippen LogP contribution in [0.1, 0.15) is 43.8 Å². The highest BCUT2D eigenvalue weighted by Gasteiger charge is 2.31. The fourth-order valence-corrected chi connectivity index (χ4v) is 5.74. The first-order chi connectivity index (χ1) is 15.8. The number of carboxylic acid groups (broad SMARTS) is 1. The molecule has 166 valence electrons. The van der Waals surface area contributed by atoms with Crippen LogP contribution in [0.15, 0.2) is 71.6 Å². The lowest BCUT2D eigenvalue weighted by Crippen LogP contribution is -2.28. The number of carbonyl (C=O) groups is 2. The molecule has 0 saturated carbocycles. The number of carboxylic acids is 1.